The van der Waals surface area contributed by atoms with Gasteiger partial charge in [-0.2, -0.15) is 0 Å². The lowest BCUT2D eigenvalue weighted by Crippen LogP contribution is -2.30. The van der Waals surface area contributed by atoms with Crippen LogP contribution >= 0.6 is 0 Å². The van der Waals surface area contributed by atoms with Crippen LogP contribution in [0.3, 0.4) is 0 Å². The quantitative estimate of drug-likeness (QED) is 0.844. The summed E-state index contributed by atoms with van der Waals surface area (Å²) < 4.78 is 5.31. The van der Waals surface area contributed by atoms with Crippen molar-refractivity contribution in [2.24, 2.45) is 5.73 Å². The Bertz CT molecular complexity index is 420. The maximum atomic E-state index is 5.97. The highest BCUT2D eigenvalue weighted by Gasteiger charge is 2.28. The number of nitrogens with zero attached hydrogens (tertiary/aromatic N) is 2. The van der Waals surface area contributed by atoms with Crippen molar-refractivity contribution < 1.29 is 4.74 Å². The minimum absolute atomic E-state index is 0.340. The number of hydrogen-bond acceptors (Lipinski definition) is 4. The van der Waals surface area contributed by atoms with Crippen LogP contribution in [0.15, 0.2) is 18.2 Å². The Morgan fingerprint density at radius 3 is 2.84 bits per heavy atom. The molecule has 2 rings (SSSR count). The molecule has 0 saturated heterocycles. The van der Waals surface area contributed by atoms with Gasteiger partial charge in [0.25, 0.3) is 0 Å². The van der Waals surface area contributed by atoms with E-state index in [1.807, 2.05) is 6.07 Å². The van der Waals surface area contributed by atoms with Crippen LogP contribution in [0.4, 0.5) is 0 Å². The highest BCUT2D eigenvalue weighted by Crippen LogP contribution is 2.35. The average molecular weight is 263 g/mol. The summed E-state index contributed by atoms with van der Waals surface area (Å²) in [7, 11) is 5.94. The zero-order valence-corrected chi connectivity index (χ0v) is 12.2. The molecular weight excluding hydrogens is 238 g/mol. The Morgan fingerprint density at radius 2 is 2.21 bits per heavy atom. The molecule has 1 aliphatic heterocycles. The van der Waals surface area contributed by atoms with Gasteiger partial charge in [-0.3, -0.25) is 4.90 Å². The zero-order chi connectivity index (χ0) is 13.8. The van der Waals surface area contributed by atoms with E-state index in [0.29, 0.717) is 12.6 Å². The summed E-state index contributed by atoms with van der Waals surface area (Å²) in [6.45, 7) is 3.89. The molecule has 0 spiro atoms. The summed E-state index contributed by atoms with van der Waals surface area (Å²) in [5, 5.41) is 0. The fourth-order valence-electron chi connectivity index (χ4n) is 2.78. The summed E-state index contributed by atoms with van der Waals surface area (Å²) in [5.74, 6) is 0.923. The lowest BCUT2D eigenvalue weighted by Gasteiger charge is -2.24. The summed E-state index contributed by atoms with van der Waals surface area (Å²) in [5.41, 5.74) is 8.70. The van der Waals surface area contributed by atoms with Gasteiger partial charge in [0.15, 0.2) is 0 Å². The molecular formula is C15H25N3O. The predicted octanol–water partition coefficient (Wildman–Crippen LogP) is 1.46. The predicted molar refractivity (Wildman–Crippen MR) is 78.4 cm³/mol. The van der Waals surface area contributed by atoms with Gasteiger partial charge in [0.2, 0.25) is 0 Å². The summed E-state index contributed by atoms with van der Waals surface area (Å²) in [6.07, 6.45) is 1.18. The second-order valence-electron chi connectivity index (χ2n) is 5.44. The number of rotatable bonds is 6. The first kappa shape index (κ1) is 14.3. The van der Waals surface area contributed by atoms with Gasteiger partial charge >= 0.3 is 0 Å². The lowest BCUT2D eigenvalue weighted by atomic mass is 10.0. The van der Waals surface area contributed by atoms with E-state index in [0.717, 1.165) is 25.4 Å². The van der Waals surface area contributed by atoms with Gasteiger partial charge in [0.1, 0.15) is 5.75 Å². The van der Waals surface area contributed by atoms with Crippen LogP contribution in [0.2, 0.25) is 0 Å². The SMILES string of the molecule is COc1ccc2c(c1)C(CN)N(CCCN(C)C)C2. The van der Waals surface area contributed by atoms with Crippen molar-refractivity contribution in [1.82, 2.24) is 9.80 Å². The maximum absolute atomic E-state index is 5.97. The second-order valence-corrected chi connectivity index (χ2v) is 5.44. The molecule has 1 aromatic rings. The Hall–Kier alpha value is -1.10. The van der Waals surface area contributed by atoms with E-state index in [2.05, 4.69) is 36.0 Å². The standard InChI is InChI=1S/C15H25N3O/c1-17(2)7-4-8-18-11-12-5-6-13(19-3)9-14(12)15(18)10-16/h5-6,9,15H,4,7-8,10-11,16H2,1-3H3. The minimum atomic E-state index is 0.340. The van der Waals surface area contributed by atoms with E-state index >= 15 is 0 Å². The van der Waals surface area contributed by atoms with Gasteiger partial charge in [-0.1, -0.05) is 6.07 Å². The maximum Gasteiger partial charge on any atom is 0.119 e. The van der Waals surface area contributed by atoms with Crippen LogP contribution in [-0.4, -0.2) is 50.6 Å². The number of fused-ring (bicyclic) bond motifs is 1. The van der Waals surface area contributed by atoms with Gasteiger partial charge < -0.3 is 15.4 Å². The summed E-state index contributed by atoms with van der Waals surface area (Å²) in [6, 6.07) is 6.68. The lowest BCUT2D eigenvalue weighted by molar-refractivity contribution is 0.208. The normalized spacial score (nSPS) is 18.9. The molecule has 1 heterocycles. The molecule has 2 N–H and O–H groups in total. The van der Waals surface area contributed by atoms with E-state index in [4.69, 9.17) is 10.5 Å². The number of benzene rings is 1. The Labute approximate surface area is 116 Å². The third kappa shape index (κ3) is 3.26. The molecule has 1 unspecified atom stereocenters. The van der Waals surface area contributed by atoms with Crippen LogP contribution in [0.25, 0.3) is 0 Å². The van der Waals surface area contributed by atoms with Crippen LogP contribution in [0, 0.1) is 0 Å². The van der Waals surface area contributed by atoms with Crippen LogP contribution in [-0.2, 0) is 6.54 Å². The molecule has 106 valence electrons. The average Bonchev–Trinajstić information content (AvgIpc) is 2.74. The van der Waals surface area contributed by atoms with Crippen molar-refractivity contribution in [2.75, 3.05) is 40.8 Å². The number of nitrogens with two attached hydrogens (primary N) is 1. The van der Waals surface area contributed by atoms with E-state index < -0.39 is 0 Å². The topological polar surface area (TPSA) is 41.7 Å². The van der Waals surface area contributed by atoms with Gasteiger partial charge in [-0.15, -0.1) is 0 Å². The van der Waals surface area contributed by atoms with E-state index in [1.165, 1.54) is 17.5 Å². The van der Waals surface area contributed by atoms with Crippen molar-refractivity contribution in [3.05, 3.63) is 29.3 Å². The largest absolute Gasteiger partial charge is 0.497 e. The molecule has 0 aliphatic carbocycles. The van der Waals surface area contributed by atoms with E-state index in [-0.39, 0.29) is 0 Å². The molecule has 1 aromatic carbocycles. The number of hydrogen-bond donors (Lipinski definition) is 1. The van der Waals surface area contributed by atoms with Crippen LogP contribution in [0.1, 0.15) is 23.6 Å². The van der Waals surface area contributed by atoms with Crippen molar-refractivity contribution in [1.29, 1.82) is 0 Å². The highest BCUT2D eigenvalue weighted by atomic mass is 16.5. The third-order valence-electron chi connectivity index (χ3n) is 3.80. The Balaban J connectivity index is 2.05. The molecule has 0 radical (unpaired) electrons. The first-order valence-electron chi connectivity index (χ1n) is 6.91. The molecule has 4 nitrogen and oxygen atoms in total. The van der Waals surface area contributed by atoms with Crippen LogP contribution < -0.4 is 10.5 Å². The monoisotopic (exact) mass is 263 g/mol. The molecule has 1 aliphatic rings. The molecule has 0 bridgehead atoms. The highest BCUT2D eigenvalue weighted by molar-refractivity contribution is 5.40. The van der Waals surface area contributed by atoms with Gasteiger partial charge in [0, 0.05) is 25.7 Å². The molecule has 0 saturated carbocycles. The summed E-state index contributed by atoms with van der Waals surface area (Å²) in [4.78, 5) is 4.71. The molecule has 4 heteroatoms. The molecule has 0 aromatic heterocycles. The Morgan fingerprint density at radius 1 is 1.42 bits per heavy atom. The molecule has 19 heavy (non-hydrogen) atoms. The Kier molecular flexibility index (Phi) is 4.80. The van der Waals surface area contributed by atoms with Gasteiger partial charge in [-0.25, -0.2) is 0 Å². The fraction of sp³-hybridized carbons (Fsp3) is 0.600. The van der Waals surface area contributed by atoms with Gasteiger partial charge in [0.05, 0.1) is 7.11 Å². The minimum Gasteiger partial charge on any atom is -0.497 e. The van der Waals surface area contributed by atoms with Crippen molar-refractivity contribution in [3.8, 4) is 5.75 Å². The van der Waals surface area contributed by atoms with Crippen LogP contribution in [0.5, 0.6) is 5.75 Å². The first-order valence-corrected chi connectivity index (χ1v) is 6.91. The van der Waals surface area contributed by atoms with E-state index in [1.54, 1.807) is 7.11 Å². The van der Waals surface area contributed by atoms with Gasteiger partial charge in [-0.05, 0) is 50.3 Å². The fourth-order valence-corrected chi connectivity index (χ4v) is 2.78. The van der Waals surface area contributed by atoms with Crippen molar-refractivity contribution in [2.45, 2.75) is 19.0 Å². The molecule has 0 fully saturated rings. The molecule has 0 amide bonds. The second kappa shape index (κ2) is 6.37. The van der Waals surface area contributed by atoms with Crippen molar-refractivity contribution in [3.63, 3.8) is 0 Å². The number of methoxy groups -OCH3 is 1. The first-order chi connectivity index (χ1) is 9.15. The van der Waals surface area contributed by atoms with E-state index in [9.17, 15) is 0 Å². The van der Waals surface area contributed by atoms with Crippen molar-refractivity contribution >= 4 is 0 Å². The smallest absolute Gasteiger partial charge is 0.119 e. The third-order valence-corrected chi connectivity index (χ3v) is 3.80. The number of ether oxygens (including phenoxy) is 1. The zero-order valence-electron chi connectivity index (χ0n) is 12.2. The summed E-state index contributed by atoms with van der Waals surface area (Å²) >= 11 is 0. The molecule has 1 atom stereocenters.